The number of carbonyl (C=O) groups excluding carboxylic acids is 1. The molecule has 0 saturated carbocycles. The van der Waals surface area contributed by atoms with Crippen LogP contribution in [0.1, 0.15) is 38.1 Å². The second kappa shape index (κ2) is 5.17. The molecule has 0 aliphatic carbocycles. The summed E-state index contributed by atoms with van der Waals surface area (Å²) in [5.74, 6) is 0.0962. The van der Waals surface area contributed by atoms with Gasteiger partial charge >= 0.3 is 0 Å². The Balaban J connectivity index is 3.27. The van der Waals surface area contributed by atoms with Crippen molar-refractivity contribution in [1.29, 1.82) is 0 Å². The first kappa shape index (κ1) is 13.5. The summed E-state index contributed by atoms with van der Waals surface area (Å²) < 4.78 is 0. The van der Waals surface area contributed by atoms with E-state index in [0.29, 0.717) is 0 Å². The van der Waals surface area contributed by atoms with Gasteiger partial charge in [-0.25, -0.2) is 0 Å². The van der Waals surface area contributed by atoms with Gasteiger partial charge in [0.25, 0.3) is 0 Å². The summed E-state index contributed by atoms with van der Waals surface area (Å²) in [5.41, 5.74) is 1.70. The van der Waals surface area contributed by atoms with Gasteiger partial charge in [0.05, 0.1) is 0 Å². The number of benzene rings is 1. The van der Waals surface area contributed by atoms with Crippen molar-refractivity contribution >= 4 is 11.5 Å². The highest BCUT2D eigenvalue weighted by Gasteiger charge is 2.23. The molecule has 0 fully saturated rings. The number of ketones is 1. The van der Waals surface area contributed by atoms with Crippen LogP contribution in [0.25, 0.3) is 0 Å². The molecule has 1 rings (SSSR count). The SMILES string of the molecule is C=CCN(c1ccccc1C(C)=O)C(C)(C)C. The van der Waals surface area contributed by atoms with Gasteiger partial charge in [-0.3, -0.25) is 4.79 Å². The lowest BCUT2D eigenvalue weighted by atomic mass is 10.0. The zero-order valence-corrected chi connectivity index (χ0v) is 11.2. The van der Waals surface area contributed by atoms with E-state index in [1.54, 1.807) is 6.92 Å². The normalized spacial score (nSPS) is 11.1. The third-order valence-corrected chi connectivity index (χ3v) is 2.70. The van der Waals surface area contributed by atoms with Crippen molar-refractivity contribution in [2.24, 2.45) is 0 Å². The lowest BCUT2D eigenvalue weighted by Gasteiger charge is -2.38. The third-order valence-electron chi connectivity index (χ3n) is 2.70. The second-order valence-electron chi connectivity index (χ2n) is 5.14. The molecule has 2 nitrogen and oxygen atoms in total. The minimum atomic E-state index is -0.0419. The van der Waals surface area contributed by atoms with E-state index >= 15 is 0 Å². The summed E-state index contributed by atoms with van der Waals surface area (Å²) >= 11 is 0. The van der Waals surface area contributed by atoms with E-state index in [9.17, 15) is 4.79 Å². The number of hydrogen-bond donors (Lipinski definition) is 0. The standard InChI is InChI=1S/C15H21NO/c1-6-11-16(15(3,4)5)14-10-8-7-9-13(14)12(2)17/h6-10H,1,11H2,2-5H3. The highest BCUT2D eigenvalue weighted by atomic mass is 16.1. The van der Waals surface area contributed by atoms with E-state index in [-0.39, 0.29) is 11.3 Å². The molecule has 0 aliphatic rings. The fourth-order valence-corrected chi connectivity index (χ4v) is 1.87. The van der Waals surface area contributed by atoms with E-state index in [4.69, 9.17) is 0 Å². The van der Waals surface area contributed by atoms with Crippen LogP contribution in [0.4, 0.5) is 5.69 Å². The average molecular weight is 231 g/mol. The first-order chi connectivity index (χ1) is 7.88. The zero-order chi connectivity index (χ0) is 13.1. The van der Waals surface area contributed by atoms with E-state index in [0.717, 1.165) is 17.8 Å². The van der Waals surface area contributed by atoms with Gasteiger partial charge < -0.3 is 4.90 Å². The zero-order valence-electron chi connectivity index (χ0n) is 11.2. The van der Waals surface area contributed by atoms with Crippen LogP contribution >= 0.6 is 0 Å². The molecule has 17 heavy (non-hydrogen) atoms. The Bertz CT molecular complexity index is 415. The van der Waals surface area contributed by atoms with Crippen LogP contribution in [-0.4, -0.2) is 17.9 Å². The van der Waals surface area contributed by atoms with Crippen molar-refractivity contribution in [3.63, 3.8) is 0 Å². The minimum absolute atomic E-state index is 0.0419. The fraction of sp³-hybridized carbons (Fsp3) is 0.400. The van der Waals surface area contributed by atoms with Crippen molar-refractivity contribution in [3.05, 3.63) is 42.5 Å². The van der Waals surface area contributed by atoms with Crippen molar-refractivity contribution in [2.75, 3.05) is 11.4 Å². The molecule has 0 saturated heterocycles. The average Bonchev–Trinajstić information content (AvgIpc) is 2.24. The molecule has 0 atom stereocenters. The number of anilines is 1. The van der Waals surface area contributed by atoms with E-state index in [1.165, 1.54) is 0 Å². The topological polar surface area (TPSA) is 20.3 Å². The first-order valence-electron chi connectivity index (χ1n) is 5.86. The fourth-order valence-electron chi connectivity index (χ4n) is 1.87. The van der Waals surface area contributed by atoms with Crippen molar-refractivity contribution in [2.45, 2.75) is 33.2 Å². The minimum Gasteiger partial charge on any atom is -0.362 e. The van der Waals surface area contributed by atoms with Gasteiger partial charge in [0.1, 0.15) is 0 Å². The molecule has 0 amide bonds. The van der Waals surface area contributed by atoms with Gasteiger partial charge in [-0.2, -0.15) is 0 Å². The number of rotatable bonds is 4. The number of nitrogens with zero attached hydrogens (tertiary/aromatic N) is 1. The van der Waals surface area contributed by atoms with Crippen molar-refractivity contribution in [3.8, 4) is 0 Å². The quantitative estimate of drug-likeness (QED) is 0.582. The molecular formula is C15H21NO. The van der Waals surface area contributed by atoms with Crippen LogP contribution in [0, 0.1) is 0 Å². The largest absolute Gasteiger partial charge is 0.362 e. The van der Waals surface area contributed by atoms with E-state index in [2.05, 4.69) is 32.3 Å². The second-order valence-corrected chi connectivity index (χ2v) is 5.14. The molecule has 1 aromatic carbocycles. The molecule has 0 aliphatic heterocycles. The van der Waals surface area contributed by atoms with Gasteiger partial charge in [0, 0.05) is 23.3 Å². The first-order valence-corrected chi connectivity index (χ1v) is 5.86. The molecule has 0 radical (unpaired) electrons. The monoisotopic (exact) mass is 231 g/mol. The van der Waals surface area contributed by atoms with Gasteiger partial charge in [0.2, 0.25) is 0 Å². The predicted octanol–water partition coefficient (Wildman–Crippen LogP) is 3.68. The molecule has 2 heteroatoms. The van der Waals surface area contributed by atoms with Crippen LogP contribution in [-0.2, 0) is 0 Å². The summed E-state index contributed by atoms with van der Waals surface area (Å²) in [6.07, 6.45) is 1.86. The summed E-state index contributed by atoms with van der Waals surface area (Å²) in [6, 6.07) is 7.73. The van der Waals surface area contributed by atoms with Crippen LogP contribution < -0.4 is 4.90 Å². The molecule has 0 aromatic heterocycles. The maximum atomic E-state index is 11.6. The molecule has 0 spiro atoms. The van der Waals surface area contributed by atoms with E-state index in [1.807, 2.05) is 30.3 Å². The number of para-hydroxylation sites is 1. The van der Waals surface area contributed by atoms with Crippen molar-refractivity contribution in [1.82, 2.24) is 0 Å². The molecule has 1 aromatic rings. The Labute approximate surface area is 104 Å². The molecule has 92 valence electrons. The highest BCUT2D eigenvalue weighted by Crippen LogP contribution is 2.27. The van der Waals surface area contributed by atoms with Crippen LogP contribution in [0.5, 0.6) is 0 Å². The Morgan fingerprint density at radius 1 is 1.35 bits per heavy atom. The smallest absolute Gasteiger partial charge is 0.161 e. The van der Waals surface area contributed by atoms with E-state index < -0.39 is 0 Å². The molecule has 0 unspecified atom stereocenters. The summed E-state index contributed by atoms with van der Waals surface area (Å²) in [5, 5.41) is 0. The Morgan fingerprint density at radius 2 is 1.94 bits per heavy atom. The molecule has 0 heterocycles. The molecular weight excluding hydrogens is 210 g/mol. The van der Waals surface area contributed by atoms with Crippen LogP contribution in [0.15, 0.2) is 36.9 Å². The highest BCUT2D eigenvalue weighted by molar-refractivity contribution is 5.99. The Hall–Kier alpha value is -1.57. The lowest BCUT2D eigenvalue weighted by Crippen LogP contribution is -2.42. The third kappa shape index (κ3) is 3.19. The Kier molecular flexibility index (Phi) is 4.11. The lowest BCUT2D eigenvalue weighted by molar-refractivity contribution is 0.101. The van der Waals surface area contributed by atoms with Crippen LogP contribution in [0.2, 0.25) is 0 Å². The summed E-state index contributed by atoms with van der Waals surface area (Å²) in [6.45, 7) is 12.5. The number of carbonyl (C=O) groups is 1. The van der Waals surface area contributed by atoms with Gasteiger partial charge in [-0.05, 0) is 39.8 Å². The van der Waals surface area contributed by atoms with Crippen molar-refractivity contribution < 1.29 is 4.79 Å². The summed E-state index contributed by atoms with van der Waals surface area (Å²) in [7, 11) is 0. The van der Waals surface area contributed by atoms with Gasteiger partial charge in [-0.15, -0.1) is 6.58 Å². The summed E-state index contributed by atoms with van der Waals surface area (Å²) in [4.78, 5) is 13.8. The Morgan fingerprint density at radius 3 is 2.41 bits per heavy atom. The maximum Gasteiger partial charge on any atom is 0.161 e. The van der Waals surface area contributed by atoms with Gasteiger partial charge in [-0.1, -0.05) is 18.2 Å². The number of Topliss-reactive ketones (excluding diaryl/α,β-unsaturated/α-hetero) is 1. The van der Waals surface area contributed by atoms with Gasteiger partial charge in [0.15, 0.2) is 5.78 Å². The maximum absolute atomic E-state index is 11.6. The number of hydrogen-bond acceptors (Lipinski definition) is 2. The predicted molar refractivity (Wildman–Crippen MR) is 73.7 cm³/mol. The molecule has 0 N–H and O–H groups in total. The van der Waals surface area contributed by atoms with Crippen LogP contribution in [0.3, 0.4) is 0 Å². The molecule has 0 bridgehead atoms.